The van der Waals surface area contributed by atoms with Crippen molar-refractivity contribution in [3.63, 3.8) is 0 Å². The maximum atomic E-state index is 12.8. The summed E-state index contributed by atoms with van der Waals surface area (Å²) in [4.78, 5) is 21.9. The molecular weight excluding hydrogens is 474 g/mol. The van der Waals surface area contributed by atoms with Gasteiger partial charge >= 0.3 is 18.0 Å². The lowest BCUT2D eigenvalue weighted by molar-refractivity contribution is -0.153. The molecular formula is C20H16F6N4O2S. The average molecular weight is 490 g/mol. The smallest absolute Gasteiger partial charge is 0.425 e. The Bertz CT molecular complexity index is 1200. The average Bonchev–Trinajstić information content (AvgIpc) is 3.22. The van der Waals surface area contributed by atoms with E-state index in [4.69, 9.17) is 4.74 Å². The van der Waals surface area contributed by atoms with Gasteiger partial charge in [-0.15, -0.1) is 11.3 Å². The van der Waals surface area contributed by atoms with E-state index in [1.54, 1.807) is 17.0 Å². The zero-order valence-electron chi connectivity index (χ0n) is 16.8. The molecule has 33 heavy (non-hydrogen) atoms. The molecule has 0 N–H and O–H groups in total. The van der Waals surface area contributed by atoms with Gasteiger partial charge < -0.3 is 9.64 Å². The largest absolute Gasteiger partial charge is 0.484 e. The molecule has 176 valence electrons. The Balaban J connectivity index is 1.44. The molecule has 0 atom stereocenters. The molecule has 4 rings (SSSR count). The molecule has 3 heterocycles. The summed E-state index contributed by atoms with van der Waals surface area (Å²) in [6.45, 7) is -0.675. The minimum atomic E-state index is -4.44. The normalized spacial score (nSPS) is 14.3. The van der Waals surface area contributed by atoms with Crippen LogP contribution in [-0.2, 0) is 25.7 Å². The predicted molar refractivity (Wildman–Crippen MR) is 107 cm³/mol. The van der Waals surface area contributed by atoms with Crippen LogP contribution < -0.4 is 15.3 Å². The van der Waals surface area contributed by atoms with Crippen molar-refractivity contribution in [1.29, 1.82) is 0 Å². The van der Waals surface area contributed by atoms with Crippen LogP contribution >= 0.6 is 11.3 Å². The summed E-state index contributed by atoms with van der Waals surface area (Å²) < 4.78 is 81.2. The molecule has 0 saturated carbocycles. The van der Waals surface area contributed by atoms with Crippen LogP contribution in [0.1, 0.15) is 20.9 Å². The Kier molecular flexibility index (Phi) is 6.08. The van der Waals surface area contributed by atoms with Crippen molar-refractivity contribution in [1.82, 2.24) is 14.5 Å². The number of anilines is 1. The molecule has 6 nitrogen and oxygen atoms in total. The van der Waals surface area contributed by atoms with E-state index in [9.17, 15) is 31.1 Å². The van der Waals surface area contributed by atoms with Crippen molar-refractivity contribution in [2.24, 2.45) is 0 Å². The Morgan fingerprint density at radius 1 is 1.06 bits per heavy atom. The number of ether oxygens (including phenoxy) is 1. The number of rotatable bonds is 5. The molecule has 2 aromatic heterocycles. The minimum absolute atomic E-state index is 0.0800. The molecule has 1 aromatic carbocycles. The number of nitrogens with zero attached hydrogens (tertiary/aromatic N) is 4. The fourth-order valence-electron chi connectivity index (χ4n) is 3.35. The Hall–Kier alpha value is -3.09. The monoisotopic (exact) mass is 490 g/mol. The second-order valence-corrected chi connectivity index (χ2v) is 8.50. The lowest BCUT2D eigenvalue weighted by Crippen LogP contribution is -2.35. The zero-order valence-corrected chi connectivity index (χ0v) is 17.6. The number of halogens is 6. The number of alkyl halides is 6. The van der Waals surface area contributed by atoms with Crippen LogP contribution in [0.2, 0.25) is 0 Å². The van der Waals surface area contributed by atoms with Crippen LogP contribution in [0.3, 0.4) is 0 Å². The predicted octanol–water partition coefficient (Wildman–Crippen LogP) is 4.27. The summed E-state index contributed by atoms with van der Waals surface area (Å²) >= 11 is 0.550. The lowest BCUT2D eigenvalue weighted by atomic mass is 10.00. The van der Waals surface area contributed by atoms with Crippen LogP contribution in [-0.4, -0.2) is 33.9 Å². The van der Waals surface area contributed by atoms with Gasteiger partial charge in [0.05, 0.1) is 6.54 Å². The van der Waals surface area contributed by atoms with Gasteiger partial charge in [-0.1, -0.05) is 6.07 Å². The van der Waals surface area contributed by atoms with Gasteiger partial charge in [-0.05, 0) is 41.8 Å². The van der Waals surface area contributed by atoms with E-state index in [0.717, 1.165) is 21.8 Å². The quantitative estimate of drug-likeness (QED) is 0.500. The van der Waals surface area contributed by atoms with Crippen LogP contribution in [0, 0.1) is 0 Å². The molecule has 0 radical (unpaired) electrons. The Morgan fingerprint density at radius 3 is 2.52 bits per heavy atom. The van der Waals surface area contributed by atoms with Gasteiger partial charge in [-0.2, -0.15) is 31.3 Å². The fourth-order valence-corrected chi connectivity index (χ4v) is 4.22. The number of thiophene rings is 1. The molecule has 0 amide bonds. The third-order valence-electron chi connectivity index (χ3n) is 4.90. The summed E-state index contributed by atoms with van der Waals surface area (Å²) in [5.41, 5.74) is 1.02. The van der Waals surface area contributed by atoms with Gasteiger partial charge in [0, 0.05) is 18.0 Å². The van der Waals surface area contributed by atoms with E-state index < -0.39 is 29.5 Å². The summed E-state index contributed by atoms with van der Waals surface area (Å²) in [5, 5.41) is 0. The van der Waals surface area contributed by atoms with Gasteiger partial charge in [0.25, 0.3) is 0 Å². The van der Waals surface area contributed by atoms with Crippen molar-refractivity contribution >= 4 is 17.3 Å². The maximum absolute atomic E-state index is 12.8. The molecule has 0 spiro atoms. The van der Waals surface area contributed by atoms with Crippen LogP contribution in [0.5, 0.6) is 5.75 Å². The fraction of sp³-hybridized carbons (Fsp3) is 0.350. The summed E-state index contributed by atoms with van der Waals surface area (Å²) in [7, 11) is 0. The van der Waals surface area contributed by atoms with Crippen LogP contribution in [0.25, 0.3) is 0 Å². The highest BCUT2D eigenvalue weighted by Crippen LogP contribution is 2.34. The number of hydrogen-bond acceptors (Lipinski definition) is 6. The Morgan fingerprint density at radius 2 is 1.85 bits per heavy atom. The van der Waals surface area contributed by atoms with Gasteiger partial charge in [0.1, 0.15) is 17.0 Å². The standard InChI is InChI=1S/C20H16F6N4O2S/c21-19(22,23)10-32-14-2-1-13-8-29(6-5-12(13)7-14)17-27-11-30(18(31)28-17)9-15-3-4-16(33-15)20(24,25)26/h1-4,7,11H,5-6,8-10H2. The first-order valence-corrected chi connectivity index (χ1v) is 10.5. The lowest BCUT2D eigenvalue weighted by Gasteiger charge is -2.29. The maximum Gasteiger partial charge on any atom is 0.425 e. The third-order valence-corrected chi connectivity index (χ3v) is 6.01. The van der Waals surface area contributed by atoms with Crippen molar-refractivity contribution in [2.75, 3.05) is 18.1 Å². The van der Waals surface area contributed by atoms with E-state index in [1.807, 2.05) is 0 Å². The van der Waals surface area contributed by atoms with Gasteiger partial charge in [0.2, 0.25) is 5.95 Å². The first-order valence-electron chi connectivity index (χ1n) is 9.64. The number of fused-ring (bicyclic) bond motifs is 1. The van der Waals surface area contributed by atoms with Crippen molar-refractivity contribution in [2.45, 2.75) is 31.9 Å². The minimum Gasteiger partial charge on any atom is -0.484 e. The number of benzene rings is 1. The van der Waals surface area contributed by atoms with Gasteiger partial charge in [-0.3, -0.25) is 4.57 Å². The molecule has 0 unspecified atom stereocenters. The van der Waals surface area contributed by atoms with Crippen molar-refractivity contribution in [3.05, 3.63) is 68.0 Å². The van der Waals surface area contributed by atoms with E-state index in [1.165, 1.54) is 18.5 Å². The van der Waals surface area contributed by atoms with Crippen molar-refractivity contribution < 1.29 is 31.1 Å². The SMILES string of the molecule is O=c1nc(N2CCc3cc(OCC(F)(F)F)ccc3C2)ncn1Cc1ccc(C(F)(F)F)s1. The second-order valence-electron chi connectivity index (χ2n) is 7.34. The van der Waals surface area contributed by atoms with E-state index in [0.29, 0.717) is 35.7 Å². The summed E-state index contributed by atoms with van der Waals surface area (Å²) in [6.07, 6.45) is -7.14. The first kappa shape index (κ1) is 23.1. The van der Waals surface area contributed by atoms with E-state index in [-0.39, 0.29) is 18.2 Å². The van der Waals surface area contributed by atoms with Gasteiger partial charge in [-0.25, -0.2) is 9.78 Å². The highest BCUT2D eigenvalue weighted by molar-refractivity contribution is 7.12. The molecule has 0 bridgehead atoms. The second kappa shape index (κ2) is 8.69. The first-order chi connectivity index (χ1) is 15.5. The zero-order chi connectivity index (χ0) is 23.8. The highest BCUT2D eigenvalue weighted by Gasteiger charge is 2.32. The molecule has 0 aliphatic carbocycles. The highest BCUT2D eigenvalue weighted by atomic mass is 32.1. The summed E-state index contributed by atoms with van der Waals surface area (Å²) in [5.74, 6) is 0.294. The van der Waals surface area contributed by atoms with Crippen LogP contribution in [0.4, 0.5) is 32.3 Å². The van der Waals surface area contributed by atoms with E-state index in [2.05, 4.69) is 9.97 Å². The Labute approximate surface area is 187 Å². The third kappa shape index (κ3) is 5.64. The number of aromatic nitrogens is 3. The van der Waals surface area contributed by atoms with Crippen LogP contribution in [0.15, 0.2) is 41.5 Å². The number of hydrogen-bond donors (Lipinski definition) is 0. The van der Waals surface area contributed by atoms with Crippen molar-refractivity contribution in [3.8, 4) is 5.75 Å². The molecule has 13 heteroatoms. The molecule has 0 saturated heterocycles. The van der Waals surface area contributed by atoms with Gasteiger partial charge in [0.15, 0.2) is 6.61 Å². The topological polar surface area (TPSA) is 60.3 Å². The molecule has 0 fully saturated rings. The summed E-state index contributed by atoms with van der Waals surface area (Å²) in [6, 6.07) is 6.94. The van der Waals surface area contributed by atoms with E-state index >= 15 is 0 Å². The molecule has 1 aliphatic heterocycles. The molecule has 3 aromatic rings. The molecule has 1 aliphatic rings.